The summed E-state index contributed by atoms with van der Waals surface area (Å²) in [6, 6.07) is 7.61. The molecule has 17 heavy (non-hydrogen) atoms. The van der Waals surface area contributed by atoms with Crippen LogP contribution in [0.1, 0.15) is 15.9 Å². The Morgan fingerprint density at radius 2 is 1.94 bits per heavy atom. The second-order valence-corrected chi connectivity index (χ2v) is 3.86. The van der Waals surface area contributed by atoms with Crippen LogP contribution in [0.3, 0.4) is 0 Å². The van der Waals surface area contributed by atoms with Crippen molar-refractivity contribution in [2.45, 2.75) is 6.92 Å². The lowest BCUT2D eigenvalue weighted by atomic mass is 10.0. The minimum absolute atomic E-state index is 0.669. The molecule has 0 aliphatic carbocycles. The van der Waals surface area contributed by atoms with Crippen molar-refractivity contribution < 1.29 is 9.53 Å². The smallest absolute Gasteiger partial charge is 0.150 e. The van der Waals surface area contributed by atoms with Gasteiger partial charge >= 0.3 is 0 Å². The fourth-order valence-corrected chi connectivity index (χ4v) is 1.74. The van der Waals surface area contributed by atoms with Crippen LogP contribution >= 0.6 is 0 Å². The number of rotatable bonds is 3. The molecule has 3 nitrogen and oxygen atoms in total. The highest BCUT2D eigenvalue weighted by Crippen LogP contribution is 2.24. The van der Waals surface area contributed by atoms with Gasteiger partial charge in [-0.2, -0.15) is 0 Å². The lowest BCUT2D eigenvalue weighted by Gasteiger charge is -2.06. The first-order chi connectivity index (χ1) is 8.22. The molecule has 0 saturated heterocycles. The van der Waals surface area contributed by atoms with Gasteiger partial charge in [0.05, 0.1) is 13.3 Å². The van der Waals surface area contributed by atoms with Crippen molar-refractivity contribution in [1.29, 1.82) is 0 Å². The van der Waals surface area contributed by atoms with E-state index in [-0.39, 0.29) is 0 Å². The summed E-state index contributed by atoms with van der Waals surface area (Å²) >= 11 is 0. The topological polar surface area (TPSA) is 39.2 Å². The first-order valence-electron chi connectivity index (χ1n) is 5.29. The molecule has 0 bridgehead atoms. The highest BCUT2D eigenvalue weighted by atomic mass is 16.5. The van der Waals surface area contributed by atoms with Gasteiger partial charge in [0.25, 0.3) is 0 Å². The zero-order chi connectivity index (χ0) is 12.3. The van der Waals surface area contributed by atoms with Crippen LogP contribution in [0.5, 0.6) is 5.75 Å². The van der Waals surface area contributed by atoms with Crippen molar-refractivity contribution in [1.82, 2.24) is 4.98 Å². The van der Waals surface area contributed by atoms with E-state index in [1.807, 2.05) is 31.2 Å². The molecule has 0 unspecified atom stereocenters. The summed E-state index contributed by atoms with van der Waals surface area (Å²) < 4.78 is 5.13. The number of carbonyl (C=O) groups excluding carboxylic acids is 1. The third kappa shape index (κ3) is 2.50. The summed E-state index contributed by atoms with van der Waals surface area (Å²) in [5.74, 6) is 0.705. The average Bonchev–Trinajstić information content (AvgIpc) is 2.38. The maximum atomic E-state index is 10.8. The van der Waals surface area contributed by atoms with Gasteiger partial charge in [-0.3, -0.25) is 9.78 Å². The van der Waals surface area contributed by atoms with Gasteiger partial charge in [0.15, 0.2) is 0 Å². The van der Waals surface area contributed by atoms with Crippen molar-refractivity contribution in [3.8, 4) is 16.9 Å². The number of nitrogens with zero attached hydrogens (tertiary/aromatic N) is 1. The Morgan fingerprint density at radius 3 is 2.65 bits per heavy atom. The Bertz CT molecular complexity index is 550. The summed E-state index contributed by atoms with van der Waals surface area (Å²) in [6.45, 7) is 1.96. The number of carbonyl (C=O) groups is 1. The largest absolute Gasteiger partial charge is 0.495 e. The lowest BCUT2D eigenvalue weighted by Crippen LogP contribution is -1.89. The molecule has 1 aromatic carbocycles. The standard InChI is InChI=1S/C14H13NO2/c1-10-3-11(9-16)5-12(4-10)13-6-14(17-2)8-15-7-13/h3-9H,1-2H3. The predicted octanol–water partition coefficient (Wildman–Crippen LogP) is 2.88. The maximum Gasteiger partial charge on any atom is 0.150 e. The minimum atomic E-state index is 0.669. The lowest BCUT2D eigenvalue weighted by molar-refractivity contribution is 0.112. The van der Waals surface area contributed by atoms with Crippen LogP contribution in [-0.4, -0.2) is 18.4 Å². The summed E-state index contributed by atoms with van der Waals surface area (Å²) in [5.41, 5.74) is 3.63. The fraction of sp³-hybridized carbons (Fsp3) is 0.143. The molecular formula is C14H13NO2. The van der Waals surface area contributed by atoms with Crippen molar-refractivity contribution in [2.24, 2.45) is 0 Å². The number of aldehydes is 1. The van der Waals surface area contributed by atoms with E-state index >= 15 is 0 Å². The molecule has 0 saturated carbocycles. The molecule has 2 rings (SSSR count). The Hall–Kier alpha value is -2.16. The molecule has 0 N–H and O–H groups in total. The van der Waals surface area contributed by atoms with Crippen molar-refractivity contribution in [2.75, 3.05) is 7.11 Å². The Kier molecular flexibility index (Phi) is 3.19. The van der Waals surface area contributed by atoms with Gasteiger partial charge < -0.3 is 4.74 Å². The first-order valence-corrected chi connectivity index (χ1v) is 5.29. The molecular weight excluding hydrogens is 214 g/mol. The van der Waals surface area contributed by atoms with E-state index in [1.165, 1.54) is 0 Å². The minimum Gasteiger partial charge on any atom is -0.495 e. The SMILES string of the molecule is COc1cncc(-c2cc(C)cc(C=O)c2)c1. The third-order valence-corrected chi connectivity index (χ3v) is 2.52. The molecule has 0 amide bonds. The predicted molar refractivity (Wildman–Crippen MR) is 66.3 cm³/mol. The Morgan fingerprint density at radius 1 is 1.12 bits per heavy atom. The zero-order valence-electron chi connectivity index (χ0n) is 9.81. The highest BCUT2D eigenvalue weighted by molar-refractivity contribution is 5.79. The third-order valence-electron chi connectivity index (χ3n) is 2.52. The number of hydrogen-bond donors (Lipinski definition) is 0. The van der Waals surface area contributed by atoms with Crippen LogP contribution < -0.4 is 4.74 Å². The molecule has 1 heterocycles. The van der Waals surface area contributed by atoms with E-state index in [1.54, 1.807) is 19.5 Å². The van der Waals surface area contributed by atoms with E-state index < -0.39 is 0 Å². The second kappa shape index (κ2) is 4.78. The van der Waals surface area contributed by atoms with Crippen LogP contribution in [0.15, 0.2) is 36.7 Å². The Labute approximate surface area is 100 Å². The zero-order valence-corrected chi connectivity index (χ0v) is 9.81. The van der Waals surface area contributed by atoms with E-state index in [0.717, 1.165) is 23.0 Å². The molecule has 1 aromatic heterocycles. The first kappa shape index (κ1) is 11.3. The van der Waals surface area contributed by atoms with Gasteiger partial charge in [-0.15, -0.1) is 0 Å². The van der Waals surface area contributed by atoms with Crippen LogP contribution in [-0.2, 0) is 0 Å². The van der Waals surface area contributed by atoms with Crippen LogP contribution in [0.2, 0.25) is 0 Å². The monoisotopic (exact) mass is 227 g/mol. The molecule has 2 aromatic rings. The van der Waals surface area contributed by atoms with Gasteiger partial charge in [0.1, 0.15) is 12.0 Å². The van der Waals surface area contributed by atoms with Crippen LogP contribution in [0.4, 0.5) is 0 Å². The molecule has 0 radical (unpaired) electrons. The number of aromatic nitrogens is 1. The normalized spacial score (nSPS) is 10.0. The van der Waals surface area contributed by atoms with Crippen LogP contribution in [0.25, 0.3) is 11.1 Å². The number of pyridine rings is 1. The summed E-state index contributed by atoms with van der Waals surface area (Å²) in [7, 11) is 1.61. The van der Waals surface area contributed by atoms with Gasteiger partial charge in [-0.05, 0) is 36.2 Å². The Balaban J connectivity index is 2.51. The fourth-order valence-electron chi connectivity index (χ4n) is 1.74. The number of aryl methyl sites for hydroxylation is 1. The maximum absolute atomic E-state index is 10.8. The van der Waals surface area contributed by atoms with E-state index in [2.05, 4.69) is 4.98 Å². The molecule has 86 valence electrons. The highest BCUT2D eigenvalue weighted by Gasteiger charge is 2.03. The molecule has 0 aliphatic rings. The summed E-state index contributed by atoms with van der Waals surface area (Å²) in [4.78, 5) is 14.9. The van der Waals surface area contributed by atoms with E-state index in [9.17, 15) is 4.79 Å². The van der Waals surface area contributed by atoms with Gasteiger partial charge in [0, 0.05) is 17.3 Å². The van der Waals surface area contributed by atoms with Gasteiger partial charge in [-0.25, -0.2) is 0 Å². The molecule has 0 atom stereocenters. The average molecular weight is 227 g/mol. The molecule has 0 aliphatic heterocycles. The van der Waals surface area contributed by atoms with Crippen LogP contribution in [0, 0.1) is 6.92 Å². The van der Waals surface area contributed by atoms with Gasteiger partial charge in [-0.1, -0.05) is 6.07 Å². The second-order valence-electron chi connectivity index (χ2n) is 3.86. The van der Waals surface area contributed by atoms with Crippen molar-refractivity contribution in [3.63, 3.8) is 0 Å². The number of benzene rings is 1. The molecule has 0 spiro atoms. The summed E-state index contributed by atoms with van der Waals surface area (Å²) in [5, 5.41) is 0. The number of methoxy groups -OCH3 is 1. The van der Waals surface area contributed by atoms with E-state index in [0.29, 0.717) is 11.3 Å². The van der Waals surface area contributed by atoms with Crippen molar-refractivity contribution >= 4 is 6.29 Å². The van der Waals surface area contributed by atoms with E-state index in [4.69, 9.17) is 4.74 Å². The molecule has 0 fully saturated rings. The quantitative estimate of drug-likeness (QED) is 0.757. The number of hydrogen-bond acceptors (Lipinski definition) is 3. The van der Waals surface area contributed by atoms with Crippen molar-refractivity contribution in [3.05, 3.63) is 47.8 Å². The molecule has 3 heteroatoms. The summed E-state index contributed by atoms with van der Waals surface area (Å²) in [6.07, 6.45) is 4.26. The number of ether oxygens (including phenoxy) is 1. The van der Waals surface area contributed by atoms with Gasteiger partial charge in [0.2, 0.25) is 0 Å².